The number of hydrogen-bond donors (Lipinski definition) is 2. The minimum atomic E-state index is -0.955. The summed E-state index contributed by atoms with van der Waals surface area (Å²) in [6.45, 7) is 1.19. The first kappa shape index (κ1) is 20.9. The van der Waals surface area contributed by atoms with Crippen LogP contribution in [0.2, 0.25) is 5.02 Å². The van der Waals surface area contributed by atoms with Crippen LogP contribution in [0.5, 0.6) is 0 Å². The third kappa shape index (κ3) is 5.57. The Kier molecular flexibility index (Phi) is 6.88. The quantitative estimate of drug-likeness (QED) is 0.711. The Labute approximate surface area is 174 Å². The van der Waals surface area contributed by atoms with Gasteiger partial charge in [-0.2, -0.15) is 0 Å². The molecule has 29 heavy (non-hydrogen) atoms. The smallest absolute Gasteiger partial charge is 0.326 e. The third-order valence-electron chi connectivity index (χ3n) is 4.86. The molecular weight excluding hydrogens is 392 g/mol. The zero-order valence-corrected chi connectivity index (χ0v) is 16.9. The molecule has 0 aromatic heterocycles. The molecule has 6 nitrogen and oxygen atoms in total. The van der Waals surface area contributed by atoms with E-state index in [0.29, 0.717) is 10.6 Å². The second-order valence-electron chi connectivity index (χ2n) is 6.97. The molecule has 0 spiro atoms. The molecule has 0 radical (unpaired) electrons. The van der Waals surface area contributed by atoms with Crippen molar-refractivity contribution in [3.8, 4) is 0 Å². The largest absolute Gasteiger partial charge is 0.451 e. The van der Waals surface area contributed by atoms with Crippen LogP contribution in [0.15, 0.2) is 48.5 Å². The van der Waals surface area contributed by atoms with Gasteiger partial charge >= 0.3 is 5.97 Å². The molecule has 152 valence electrons. The summed E-state index contributed by atoms with van der Waals surface area (Å²) in [6, 6.07) is 14.2. The number of fused-ring (bicyclic) bond motifs is 1. The van der Waals surface area contributed by atoms with Crippen molar-refractivity contribution in [3.05, 3.63) is 70.2 Å². The molecule has 0 aliphatic heterocycles. The summed E-state index contributed by atoms with van der Waals surface area (Å²) >= 11 is 5.78. The highest BCUT2D eigenvalue weighted by molar-refractivity contribution is 6.30. The number of esters is 1. The highest BCUT2D eigenvalue weighted by atomic mass is 35.5. The molecule has 0 saturated heterocycles. The molecule has 1 aliphatic rings. The summed E-state index contributed by atoms with van der Waals surface area (Å²) in [5, 5.41) is 5.94. The van der Waals surface area contributed by atoms with Crippen molar-refractivity contribution >= 4 is 29.4 Å². The Morgan fingerprint density at radius 3 is 2.62 bits per heavy atom. The molecule has 2 atom stereocenters. The molecule has 0 fully saturated rings. The zero-order valence-electron chi connectivity index (χ0n) is 16.1. The average molecular weight is 415 g/mol. The second-order valence-corrected chi connectivity index (χ2v) is 7.41. The first-order chi connectivity index (χ1) is 13.9. The van der Waals surface area contributed by atoms with Gasteiger partial charge in [0.25, 0.3) is 11.8 Å². The van der Waals surface area contributed by atoms with Crippen molar-refractivity contribution in [2.24, 2.45) is 0 Å². The van der Waals surface area contributed by atoms with Gasteiger partial charge in [0, 0.05) is 10.6 Å². The van der Waals surface area contributed by atoms with Crippen LogP contribution in [0.25, 0.3) is 0 Å². The number of carbonyl (C=O) groups is 3. The van der Waals surface area contributed by atoms with E-state index >= 15 is 0 Å². The Morgan fingerprint density at radius 2 is 1.86 bits per heavy atom. The van der Waals surface area contributed by atoms with E-state index < -0.39 is 18.0 Å². The highest BCUT2D eigenvalue weighted by Crippen LogP contribution is 2.29. The number of carbonyl (C=O) groups excluding carboxylic acids is 3. The van der Waals surface area contributed by atoms with Gasteiger partial charge in [0.05, 0.1) is 6.04 Å². The van der Waals surface area contributed by atoms with Gasteiger partial charge in [-0.15, -0.1) is 0 Å². The Hall–Kier alpha value is -2.86. The summed E-state index contributed by atoms with van der Waals surface area (Å²) in [6.07, 6.45) is 1.89. The lowest BCUT2D eigenvalue weighted by Crippen LogP contribution is -2.41. The van der Waals surface area contributed by atoms with Crippen molar-refractivity contribution in [2.75, 3.05) is 6.54 Å². The van der Waals surface area contributed by atoms with E-state index in [1.165, 1.54) is 12.5 Å². The topological polar surface area (TPSA) is 84.5 Å². The Morgan fingerprint density at radius 1 is 1.14 bits per heavy atom. The summed E-state index contributed by atoms with van der Waals surface area (Å²) in [4.78, 5) is 36.5. The Balaban J connectivity index is 1.47. The number of amides is 2. The van der Waals surface area contributed by atoms with Gasteiger partial charge in [-0.25, -0.2) is 0 Å². The maximum Gasteiger partial charge on any atom is 0.326 e. The van der Waals surface area contributed by atoms with Crippen LogP contribution in [-0.4, -0.2) is 30.4 Å². The molecule has 2 N–H and O–H groups in total. The van der Waals surface area contributed by atoms with Crippen LogP contribution in [0.1, 0.15) is 47.3 Å². The molecule has 3 rings (SSSR count). The molecule has 0 heterocycles. The van der Waals surface area contributed by atoms with Gasteiger partial charge in [0.15, 0.2) is 6.10 Å². The third-order valence-corrected chi connectivity index (χ3v) is 5.12. The molecule has 7 heteroatoms. The second kappa shape index (κ2) is 9.56. The minimum Gasteiger partial charge on any atom is -0.451 e. The average Bonchev–Trinajstić information content (AvgIpc) is 2.72. The minimum absolute atomic E-state index is 0.0850. The van der Waals surface area contributed by atoms with Gasteiger partial charge in [-0.3, -0.25) is 14.4 Å². The monoisotopic (exact) mass is 414 g/mol. The summed E-state index contributed by atoms with van der Waals surface area (Å²) in [5.74, 6) is -1.46. The fourth-order valence-electron chi connectivity index (χ4n) is 3.34. The SMILES string of the molecule is C[C@H](OC(=O)CNC(=O)c1ccc(Cl)cc1)C(=O)N[C@H]1CCCc2ccccc21. The lowest BCUT2D eigenvalue weighted by Gasteiger charge is -2.27. The molecule has 0 saturated carbocycles. The van der Waals surface area contributed by atoms with Crippen LogP contribution >= 0.6 is 11.6 Å². The zero-order chi connectivity index (χ0) is 20.8. The first-order valence-electron chi connectivity index (χ1n) is 9.55. The number of benzene rings is 2. The van der Waals surface area contributed by atoms with Gasteiger partial charge in [-0.1, -0.05) is 35.9 Å². The van der Waals surface area contributed by atoms with Crippen LogP contribution in [0.3, 0.4) is 0 Å². The lowest BCUT2D eigenvalue weighted by molar-refractivity contribution is -0.154. The molecule has 2 aromatic carbocycles. The van der Waals surface area contributed by atoms with Crippen molar-refractivity contribution < 1.29 is 19.1 Å². The predicted molar refractivity (Wildman–Crippen MR) is 110 cm³/mol. The molecular formula is C22H23ClN2O4. The first-order valence-corrected chi connectivity index (χ1v) is 9.93. The van der Waals surface area contributed by atoms with Crippen LogP contribution in [-0.2, 0) is 20.7 Å². The molecule has 2 amide bonds. The predicted octanol–water partition coefficient (Wildman–Crippen LogP) is 3.20. The molecule has 2 aromatic rings. The summed E-state index contributed by atoms with van der Waals surface area (Å²) in [5.41, 5.74) is 2.73. The van der Waals surface area contributed by atoms with Crippen LogP contribution in [0, 0.1) is 0 Å². The molecule has 1 aliphatic carbocycles. The number of aryl methyl sites for hydroxylation is 1. The summed E-state index contributed by atoms with van der Waals surface area (Å²) < 4.78 is 5.16. The van der Waals surface area contributed by atoms with Crippen molar-refractivity contribution in [1.82, 2.24) is 10.6 Å². The Bertz CT molecular complexity index is 898. The van der Waals surface area contributed by atoms with Crippen molar-refractivity contribution in [2.45, 2.75) is 38.3 Å². The van der Waals surface area contributed by atoms with Gasteiger partial charge in [0.2, 0.25) is 0 Å². The van der Waals surface area contributed by atoms with E-state index in [0.717, 1.165) is 24.8 Å². The number of halogens is 1. The number of ether oxygens (including phenoxy) is 1. The summed E-state index contributed by atoms with van der Waals surface area (Å²) in [7, 11) is 0. The normalized spacial score (nSPS) is 16.3. The number of rotatable bonds is 6. The standard InChI is InChI=1S/C22H23ClN2O4/c1-14(21(27)25-19-8-4-6-15-5-2-3-7-18(15)19)29-20(26)13-24-22(28)16-9-11-17(23)12-10-16/h2-3,5,7,9-12,14,19H,4,6,8,13H2,1H3,(H,24,28)(H,25,27)/t14-,19-/m0/s1. The number of nitrogens with one attached hydrogen (secondary N) is 2. The van der Waals surface area contributed by atoms with E-state index in [-0.39, 0.29) is 18.5 Å². The van der Waals surface area contributed by atoms with Crippen LogP contribution in [0.4, 0.5) is 0 Å². The maximum atomic E-state index is 12.5. The van der Waals surface area contributed by atoms with Gasteiger partial charge < -0.3 is 15.4 Å². The van der Waals surface area contributed by atoms with E-state index in [9.17, 15) is 14.4 Å². The highest BCUT2D eigenvalue weighted by Gasteiger charge is 2.25. The van der Waals surface area contributed by atoms with E-state index in [1.807, 2.05) is 18.2 Å². The van der Waals surface area contributed by atoms with Gasteiger partial charge in [-0.05, 0) is 61.6 Å². The van der Waals surface area contributed by atoms with E-state index in [4.69, 9.17) is 16.3 Å². The van der Waals surface area contributed by atoms with Crippen molar-refractivity contribution in [3.63, 3.8) is 0 Å². The fourth-order valence-corrected chi connectivity index (χ4v) is 3.47. The lowest BCUT2D eigenvalue weighted by atomic mass is 9.87. The molecule has 0 bridgehead atoms. The maximum absolute atomic E-state index is 12.5. The number of hydrogen-bond acceptors (Lipinski definition) is 4. The van der Waals surface area contributed by atoms with Crippen molar-refractivity contribution in [1.29, 1.82) is 0 Å². The van der Waals surface area contributed by atoms with E-state index in [1.54, 1.807) is 24.3 Å². The van der Waals surface area contributed by atoms with E-state index in [2.05, 4.69) is 16.7 Å². The van der Waals surface area contributed by atoms with Gasteiger partial charge in [0.1, 0.15) is 6.54 Å². The van der Waals surface area contributed by atoms with Crippen LogP contribution < -0.4 is 10.6 Å². The molecule has 0 unspecified atom stereocenters. The fraction of sp³-hybridized carbons (Fsp3) is 0.318.